The Morgan fingerprint density at radius 3 is 2.67 bits per heavy atom. The Balaban J connectivity index is 3.02. The maximum Gasteiger partial charge on any atom is 0.142 e. The Kier molecular flexibility index (Phi) is 3.86. The van der Waals surface area contributed by atoms with E-state index in [1.807, 2.05) is 0 Å². The molecule has 0 aromatic heterocycles. The summed E-state index contributed by atoms with van der Waals surface area (Å²) in [4.78, 5) is 15.0. The van der Waals surface area contributed by atoms with Gasteiger partial charge in [0.2, 0.25) is 0 Å². The van der Waals surface area contributed by atoms with E-state index in [1.165, 1.54) is 13.0 Å². The molecule has 0 saturated heterocycles. The van der Waals surface area contributed by atoms with Crippen molar-refractivity contribution in [2.24, 2.45) is 4.99 Å². The summed E-state index contributed by atoms with van der Waals surface area (Å²) in [5.41, 5.74) is 0.948. The molecular weight excluding hydrogens is 214 g/mol. The van der Waals surface area contributed by atoms with E-state index in [0.29, 0.717) is 16.4 Å². The Morgan fingerprint density at radius 2 is 2.13 bits per heavy atom. The Labute approximate surface area is 93.4 Å². The minimum Gasteiger partial charge on any atom is -0.506 e. The number of halogens is 1. The highest BCUT2D eigenvalue weighted by Crippen LogP contribution is 2.34. The van der Waals surface area contributed by atoms with Gasteiger partial charge in [0.15, 0.2) is 0 Å². The van der Waals surface area contributed by atoms with Gasteiger partial charge in [-0.25, -0.2) is 0 Å². The molecule has 3 nitrogen and oxygen atoms in total. The van der Waals surface area contributed by atoms with Crippen molar-refractivity contribution in [1.29, 1.82) is 0 Å². The van der Waals surface area contributed by atoms with Crippen molar-refractivity contribution in [3.8, 4) is 5.75 Å². The molecule has 1 aromatic carbocycles. The number of carbonyl (C=O) groups excluding carboxylic acids is 1. The van der Waals surface area contributed by atoms with Crippen molar-refractivity contribution in [3.63, 3.8) is 0 Å². The first-order chi connectivity index (χ1) is 7.00. The monoisotopic (exact) mass is 225 g/mol. The number of phenolic OH excluding ortho intramolecular Hbond substituents is 1. The van der Waals surface area contributed by atoms with E-state index in [9.17, 15) is 9.90 Å². The first-order valence-corrected chi connectivity index (χ1v) is 4.89. The minimum atomic E-state index is 0.0189. The van der Waals surface area contributed by atoms with Crippen molar-refractivity contribution in [2.75, 3.05) is 0 Å². The molecule has 80 valence electrons. The number of aromatic hydroxyl groups is 1. The van der Waals surface area contributed by atoms with Gasteiger partial charge < -0.3 is 5.11 Å². The number of phenols is 1. The van der Waals surface area contributed by atoms with Crippen molar-refractivity contribution >= 4 is 28.8 Å². The molecule has 0 saturated carbocycles. The number of ketones is 1. The number of aliphatic imine (C=N–C) groups is 1. The van der Waals surface area contributed by atoms with Crippen LogP contribution in [0.4, 0.5) is 5.69 Å². The third kappa shape index (κ3) is 3.36. The van der Waals surface area contributed by atoms with Crippen molar-refractivity contribution < 1.29 is 9.90 Å². The molecule has 15 heavy (non-hydrogen) atoms. The molecule has 0 unspecified atom stereocenters. The second kappa shape index (κ2) is 4.94. The summed E-state index contributed by atoms with van der Waals surface area (Å²) in [5.74, 6) is 0.0493. The van der Waals surface area contributed by atoms with E-state index >= 15 is 0 Å². The molecule has 1 N–H and O–H groups in total. The number of nitrogens with zero attached hydrogens (tertiary/aromatic N) is 1. The summed E-state index contributed by atoms with van der Waals surface area (Å²) >= 11 is 5.86. The van der Waals surface area contributed by atoms with Gasteiger partial charge in [0, 0.05) is 12.1 Å². The highest BCUT2D eigenvalue weighted by atomic mass is 35.5. The molecule has 0 fully saturated rings. The molecule has 0 aliphatic heterocycles. The summed E-state index contributed by atoms with van der Waals surface area (Å²) in [6, 6.07) is 4.78. The van der Waals surface area contributed by atoms with Gasteiger partial charge in [-0.05, 0) is 26.0 Å². The molecule has 0 heterocycles. The summed E-state index contributed by atoms with van der Waals surface area (Å²) in [7, 11) is 0. The van der Waals surface area contributed by atoms with Gasteiger partial charge in [0.05, 0.1) is 5.02 Å². The predicted octanol–water partition coefficient (Wildman–Crippen LogP) is 3.12. The van der Waals surface area contributed by atoms with Crippen LogP contribution in [-0.2, 0) is 4.79 Å². The molecule has 1 aromatic rings. The third-order valence-corrected chi connectivity index (χ3v) is 2.08. The average molecular weight is 226 g/mol. The second-order valence-electron chi connectivity index (χ2n) is 3.33. The topological polar surface area (TPSA) is 49.7 Å². The van der Waals surface area contributed by atoms with E-state index in [1.54, 1.807) is 19.1 Å². The zero-order chi connectivity index (χ0) is 11.4. The number of hydrogen-bond donors (Lipinski definition) is 1. The van der Waals surface area contributed by atoms with Gasteiger partial charge in [-0.2, -0.15) is 0 Å². The zero-order valence-electron chi connectivity index (χ0n) is 8.62. The lowest BCUT2D eigenvalue weighted by atomic mass is 10.2. The highest BCUT2D eigenvalue weighted by Gasteiger charge is 2.05. The SMILES string of the molecule is CC(=O)C/C(C)=N/c1c(O)cccc1Cl. The molecular formula is C11H12ClNO2. The molecule has 0 atom stereocenters. The Hall–Kier alpha value is -1.35. The van der Waals surface area contributed by atoms with Gasteiger partial charge in [0.1, 0.15) is 17.2 Å². The van der Waals surface area contributed by atoms with Crippen LogP contribution in [0.2, 0.25) is 5.02 Å². The van der Waals surface area contributed by atoms with Crippen LogP contribution in [0.1, 0.15) is 20.3 Å². The number of hydrogen-bond acceptors (Lipinski definition) is 3. The quantitative estimate of drug-likeness (QED) is 0.804. The summed E-state index contributed by atoms with van der Waals surface area (Å²) in [5, 5.41) is 9.87. The van der Waals surface area contributed by atoms with Gasteiger partial charge in [-0.3, -0.25) is 9.79 Å². The fourth-order valence-electron chi connectivity index (χ4n) is 1.21. The van der Waals surface area contributed by atoms with Crippen LogP contribution in [0.15, 0.2) is 23.2 Å². The number of benzene rings is 1. The second-order valence-corrected chi connectivity index (χ2v) is 3.74. The fourth-order valence-corrected chi connectivity index (χ4v) is 1.42. The fraction of sp³-hybridized carbons (Fsp3) is 0.273. The number of rotatable bonds is 3. The lowest BCUT2D eigenvalue weighted by molar-refractivity contribution is -0.115. The Bertz CT molecular complexity index is 393. The Morgan fingerprint density at radius 1 is 1.47 bits per heavy atom. The number of para-hydroxylation sites is 1. The summed E-state index contributed by atoms with van der Waals surface area (Å²) in [6.45, 7) is 3.22. The first-order valence-electron chi connectivity index (χ1n) is 4.52. The van der Waals surface area contributed by atoms with Crippen LogP contribution >= 0.6 is 11.6 Å². The maximum absolute atomic E-state index is 10.8. The average Bonchev–Trinajstić information content (AvgIpc) is 2.10. The molecule has 4 heteroatoms. The van der Waals surface area contributed by atoms with Crippen molar-refractivity contribution in [2.45, 2.75) is 20.3 Å². The lowest BCUT2D eigenvalue weighted by Crippen LogP contribution is -1.99. The first kappa shape index (κ1) is 11.7. The van der Waals surface area contributed by atoms with Crippen LogP contribution < -0.4 is 0 Å². The predicted molar refractivity (Wildman–Crippen MR) is 61.2 cm³/mol. The van der Waals surface area contributed by atoms with Gasteiger partial charge in [-0.1, -0.05) is 17.7 Å². The van der Waals surface area contributed by atoms with Crippen LogP contribution in [0, 0.1) is 0 Å². The number of carbonyl (C=O) groups is 1. The van der Waals surface area contributed by atoms with Gasteiger partial charge >= 0.3 is 0 Å². The van der Waals surface area contributed by atoms with Crippen LogP contribution in [0.25, 0.3) is 0 Å². The van der Waals surface area contributed by atoms with E-state index in [0.717, 1.165) is 0 Å². The van der Waals surface area contributed by atoms with Crippen molar-refractivity contribution in [3.05, 3.63) is 23.2 Å². The van der Waals surface area contributed by atoms with Crippen LogP contribution in [0.3, 0.4) is 0 Å². The van der Waals surface area contributed by atoms with Crippen LogP contribution in [0.5, 0.6) is 5.75 Å². The summed E-state index contributed by atoms with van der Waals surface area (Å²) < 4.78 is 0. The van der Waals surface area contributed by atoms with Crippen LogP contribution in [-0.4, -0.2) is 16.6 Å². The number of Topliss-reactive ketones (excluding diaryl/α,β-unsaturated/α-hetero) is 1. The maximum atomic E-state index is 10.8. The molecule has 0 bridgehead atoms. The van der Waals surface area contributed by atoms with Gasteiger partial charge in [0.25, 0.3) is 0 Å². The molecule has 0 amide bonds. The normalized spacial score (nSPS) is 11.5. The highest BCUT2D eigenvalue weighted by molar-refractivity contribution is 6.33. The van der Waals surface area contributed by atoms with Crippen molar-refractivity contribution in [1.82, 2.24) is 0 Å². The smallest absolute Gasteiger partial charge is 0.142 e. The largest absolute Gasteiger partial charge is 0.506 e. The minimum absolute atomic E-state index is 0.0189. The van der Waals surface area contributed by atoms with Gasteiger partial charge in [-0.15, -0.1) is 0 Å². The summed E-state index contributed by atoms with van der Waals surface area (Å²) in [6.07, 6.45) is 0.269. The molecule has 1 rings (SSSR count). The molecule has 0 radical (unpaired) electrons. The standard InChI is InChI=1S/C11H12ClNO2/c1-7(6-8(2)14)13-11-9(12)4-3-5-10(11)15/h3-5,15H,6H2,1-2H3/b13-7+. The zero-order valence-corrected chi connectivity index (χ0v) is 9.38. The van der Waals surface area contributed by atoms with E-state index in [4.69, 9.17) is 11.6 Å². The van der Waals surface area contributed by atoms with E-state index < -0.39 is 0 Å². The van der Waals surface area contributed by atoms with E-state index in [-0.39, 0.29) is 18.0 Å². The molecule has 0 aliphatic carbocycles. The molecule has 0 spiro atoms. The lowest BCUT2D eigenvalue weighted by Gasteiger charge is -2.02. The third-order valence-electron chi connectivity index (χ3n) is 1.77. The molecule has 0 aliphatic rings. The van der Waals surface area contributed by atoms with E-state index in [2.05, 4.69) is 4.99 Å².